The molecule has 92 valence electrons. The second-order valence-corrected chi connectivity index (χ2v) is 5.02. The van der Waals surface area contributed by atoms with Gasteiger partial charge in [0.05, 0.1) is 0 Å². The summed E-state index contributed by atoms with van der Waals surface area (Å²) < 4.78 is 0.790. The summed E-state index contributed by atoms with van der Waals surface area (Å²) in [5.74, 6) is 1.10. The normalized spacial score (nSPS) is 10.4. The van der Waals surface area contributed by atoms with Crippen molar-refractivity contribution < 1.29 is 0 Å². The fourth-order valence-corrected chi connectivity index (χ4v) is 2.10. The van der Waals surface area contributed by atoms with Crippen molar-refractivity contribution in [2.75, 3.05) is 11.9 Å². The van der Waals surface area contributed by atoms with E-state index in [1.807, 2.05) is 6.07 Å². The first-order valence-electron chi connectivity index (χ1n) is 5.58. The summed E-state index contributed by atoms with van der Waals surface area (Å²) in [6, 6.07) is 1.98. The fraction of sp³-hybridized carbons (Fsp3) is 0.385. The Morgan fingerprint density at radius 3 is 2.76 bits per heavy atom. The molecule has 1 heterocycles. The Hall–Kier alpha value is -1.16. The van der Waals surface area contributed by atoms with Crippen molar-refractivity contribution in [2.45, 2.75) is 26.7 Å². The summed E-state index contributed by atoms with van der Waals surface area (Å²) in [6.45, 7) is 10.3. The number of nitrogens with one attached hydrogen (secondary N) is 2. The molecule has 0 amide bonds. The smallest absolute Gasteiger partial charge is 0.136 e. The molecule has 0 aliphatic rings. The molecule has 0 saturated carbocycles. The predicted octanol–water partition coefficient (Wildman–Crippen LogP) is 3.95. The lowest BCUT2D eigenvalue weighted by Gasteiger charge is -2.17. The van der Waals surface area contributed by atoms with E-state index in [1.54, 1.807) is 13.0 Å². The second-order valence-electron chi connectivity index (χ2n) is 4.21. The summed E-state index contributed by atoms with van der Waals surface area (Å²) in [6.07, 6.45) is 1.78. The van der Waals surface area contributed by atoms with Gasteiger partial charge < -0.3 is 10.7 Å². The summed E-state index contributed by atoms with van der Waals surface area (Å²) >= 11 is 3.41. The summed E-state index contributed by atoms with van der Waals surface area (Å²) in [5.41, 5.74) is 2.55. The van der Waals surface area contributed by atoms with Crippen LogP contribution in [0.2, 0.25) is 0 Å². The van der Waals surface area contributed by atoms with Gasteiger partial charge in [0, 0.05) is 17.8 Å². The first kappa shape index (κ1) is 13.9. The van der Waals surface area contributed by atoms with Gasteiger partial charge >= 0.3 is 0 Å². The molecule has 0 aliphatic heterocycles. The maximum absolute atomic E-state index is 7.90. The van der Waals surface area contributed by atoms with Gasteiger partial charge in [-0.1, -0.05) is 19.9 Å². The number of anilines is 1. The Morgan fingerprint density at radius 2 is 2.29 bits per heavy atom. The topological polar surface area (TPSA) is 48.8 Å². The molecule has 0 atom stereocenters. The molecule has 3 nitrogen and oxygen atoms in total. The molecule has 4 heteroatoms. The lowest BCUT2D eigenvalue weighted by molar-refractivity contribution is 0.857. The Bertz CT molecular complexity index is 439. The molecule has 0 aromatic carbocycles. The van der Waals surface area contributed by atoms with Gasteiger partial charge in [0.1, 0.15) is 10.4 Å². The second kappa shape index (κ2) is 5.96. The molecule has 0 bridgehead atoms. The molecule has 1 rings (SSSR count). The minimum Gasteiger partial charge on any atom is -0.366 e. The molecule has 1 aromatic heterocycles. The summed E-state index contributed by atoms with van der Waals surface area (Å²) in [5, 5.41) is 11.1. The standard InChI is InChI=1S/C13H18BrN3/c1-5-6-16-13-12(9(4)15)10(8(2)3)7-11(14)17-13/h5,7-8,15H,1,6H2,2-4H3,(H,16,17). The lowest BCUT2D eigenvalue weighted by atomic mass is 9.96. The molecule has 1 aromatic rings. The predicted molar refractivity (Wildman–Crippen MR) is 77.2 cm³/mol. The Labute approximate surface area is 111 Å². The van der Waals surface area contributed by atoms with Crippen LogP contribution in [0.3, 0.4) is 0 Å². The largest absolute Gasteiger partial charge is 0.366 e. The lowest BCUT2D eigenvalue weighted by Crippen LogP contribution is -2.11. The average Bonchev–Trinajstić information content (AvgIpc) is 2.24. The third kappa shape index (κ3) is 3.40. The van der Waals surface area contributed by atoms with Crippen LogP contribution in [-0.4, -0.2) is 17.2 Å². The molecular weight excluding hydrogens is 278 g/mol. The number of hydrogen-bond acceptors (Lipinski definition) is 3. The molecule has 0 radical (unpaired) electrons. The van der Waals surface area contributed by atoms with Gasteiger partial charge in [-0.2, -0.15) is 0 Å². The van der Waals surface area contributed by atoms with Crippen molar-refractivity contribution in [2.24, 2.45) is 0 Å². The summed E-state index contributed by atoms with van der Waals surface area (Å²) in [4.78, 5) is 4.39. The maximum Gasteiger partial charge on any atom is 0.136 e. The zero-order valence-electron chi connectivity index (χ0n) is 10.5. The van der Waals surface area contributed by atoms with Gasteiger partial charge in [0.25, 0.3) is 0 Å². The summed E-state index contributed by atoms with van der Waals surface area (Å²) in [7, 11) is 0. The molecule has 0 spiro atoms. The van der Waals surface area contributed by atoms with Gasteiger partial charge in [-0.15, -0.1) is 6.58 Å². The number of rotatable bonds is 5. The van der Waals surface area contributed by atoms with E-state index in [9.17, 15) is 0 Å². The SMILES string of the molecule is C=CCNc1nc(Br)cc(C(C)C)c1C(C)=N. The number of aromatic nitrogens is 1. The Kier molecular flexibility index (Phi) is 4.87. The number of hydrogen-bond donors (Lipinski definition) is 2. The van der Waals surface area contributed by atoms with Gasteiger partial charge in [-0.3, -0.25) is 0 Å². The highest BCUT2D eigenvalue weighted by molar-refractivity contribution is 9.10. The van der Waals surface area contributed by atoms with E-state index in [1.165, 1.54) is 0 Å². The van der Waals surface area contributed by atoms with E-state index in [0.29, 0.717) is 18.2 Å². The highest BCUT2D eigenvalue weighted by Gasteiger charge is 2.15. The number of nitrogens with zero attached hydrogens (tertiary/aromatic N) is 1. The number of halogens is 1. The highest BCUT2D eigenvalue weighted by atomic mass is 79.9. The van der Waals surface area contributed by atoms with Crippen LogP contribution in [-0.2, 0) is 0 Å². The monoisotopic (exact) mass is 295 g/mol. The van der Waals surface area contributed by atoms with Gasteiger partial charge in [0.15, 0.2) is 0 Å². The third-order valence-corrected chi connectivity index (χ3v) is 2.84. The van der Waals surface area contributed by atoms with Crippen LogP contribution < -0.4 is 5.32 Å². The molecular formula is C13H18BrN3. The van der Waals surface area contributed by atoms with Crippen molar-refractivity contribution in [3.63, 3.8) is 0 Å². The van der Waals surface area contributed by atoms with E-state index in [0.717, 1.165) is 21.5 Å². The minimum atomic E-state index is 0.355. The highest BCUT2D eigenvalue weighted by Crippen LogP contribution is 2.28. The fourth-order valence-electron chi connectivity index (χ4n) is 1.68. The van der Waals surface area contributed by atoms with E-state index in [4.69, 9.17) is 5.41 Å². The quantitative estimate of drug-likeness (QED) is 0.491. The van der Waals surface area contributed by atoms with Crippen molar-refractivity contribution in [1.29, 1.82) is 5.41 Å². The van der Waals surface area contributed by atoms with E-state index < -0.39 is 0 Å². The Balaban J connectivity index is 3.34. The molecule has 17 heavy (non-hydrogen) atoms. The third-order valence-electron chi connectivity index (χ3n) is 2.43. The van der Waals surface area contributed by atoms with Crippen LogP contribution >= 0.6 is 15.9 Å². The van der Waals surface area contributed by atoms with E-state index in [2.05, 4.69) is 46.7 Å². The van der Waals surface area contributed by atoms with Crippen molar-refractivity contribution in [1.82, 2.24) is 4.98 Å². The van der Waals surface area contributed by atoms with Crippen LogP contribution in [0, 0.1) is 5.41 Å². The molecule has 0 unspecified atom stereocenters. The average molecular weight is 296 g/mol. The zero-order valence-corrected chi connectivity index (χ0v) is 12.1. The van der Waals surface area contributed by atoms with Crippen LogP contribution in [0.25, 0.3) is 0 Å². The van der Waals surface area contributed by atoms with Crippen LogP contribution in [0.1, 0.15) is 37.8 Å². The van der Waals surface area contributed by atoms with Crippen LogP contribution in [0.15, 0.2) is 23.3 Å². The molecule has 2 N–H and O–H groups in total. The Morgan fingerprint density at radius 1 is 1.65 bits per heavy atom. The van der Waals surface area contributed by atoms with Crippen molar-refractivity contribution >= 4 is 27.5 Å². The van der Waals surface area contributed by atoms with Crippen LogP contribution in [0.4, 0.5) is 5.82 Å². The van der Waals surface area contributed by atoms with Gasteiger partial charge in [-0.05, 0) is 40.4 Å². The van der Waals surface area contributed by atoms with E-state index in [-0.39, 0.29) is 0 Å². The van der Waals surface area contributed by atoms with E-state index >= 15 is 0 Å². The van der Waals surface area contributed by atoms with Crippen molar-refractivity contribution in [3.05, 3.63) is 34.5 Å². The first-order valence-corrected chi connectivity index (χ1v) is 6.37. The van der Waals surface area contributed by atoms with Gasteiger partial charge in [-0.25, -0.2) is 4.98 Å². The van der Waals surface area contributed by atoms with Crippen molar-refractivity contribution in [3.8, 4) is 0 Å². The minimum absolute atomic E-state index is 0.355. The number of pyridine rings is 1. The molecule has 0 aliphatic carbocycles. The first-order chi connectivity index (χ1) is 7.97. The molecule has 0 fully saturated rings. The van der Waals surface area contributed by atoms with Gasteiger partial charge in [0.2, 0.25) is 0 Å². The molecule has 0 saturated heterocycles. The maximum atomic E-state index is 7.90. The van der Waals surface area contributed by atoms with Crippen LogP contribution in [0.5, 0.6) is 0 Å². The zero-order chi connectivity index (χ0) is 13.0.